The fraction of sp³-hybridized carbons (Fsp3) is 0.240. The number of carbonyl (C=O) groups is 1. The molecule has 2 aromatic heterocycles. The SMILES string of the molecule is COc1ccc(-c2cnc3c(Nc4ccc(C(=O)NCCOCCN)c(C)c4)nccn23)c(F)c1. The molecule has 4 aromatic rings. The molecule has 182 valence electrons. The second kappa shape index (κ2) is 10.9. The monoisotopic (exact) mass is 478 g/mol. The molecule has 9 nitrogen and oxygen atoms in total. The van der Waals surface area contributed by atoms with Gasteiger partial charge in [-0.15, -0.1) is 0 Å². The number of benzene rings is 2. The van der Waals surface area contributed by atoms with E-state index >= 15 is 0 Å². The predicted molar refractivity (Wildman–Crippen MR) is 132 cm³/mol. The second-order valence-corrected chi connectivity index (χ2v) is 7.77. The van der Waals surface area contributed by atoms with Crippen molar-refractivity contribution < 1.29 is 18.7 Å². The quantitative estimate of drug-likeness (QED) is 0.300. The minimum atomic E-state index is -0.409. The average molecular weight is 479 g/mol. The summed E-state index contributed by atoms with van der Waals surface area (Å²) in [6, 6.07) is 10.1. The van der Waals surface area contributed by atoms with Gasteiger partial charge in [-0.1, -0.05) is 0 Å². The molecule has 4 rings (SSSR count). The van der Waals surface area contributed by atoms with Gasteiger partial charge in [0.1, 0.15) is 11.6 Å². The zero-order valence-corrected chi connectivity index (χ0v) is 19.5. The number of amides is 1. The van der Waals surface area contributed by atoms with Crippen molar-refractivity contribution in [2.45, 2.75) is 6.92 Å². The molecule has 0 aliphatic carbocycles. The Morgan fingerprint density at radius 1 is 1.17 bits per heavy atom. The summed E-state index contributed by atoms with van der Waals surface area (Å²) >= 11 is 0. The second-order valence-electron chi connectivity index (χ2n) is 7.77. The predicted octanol–water partition coefficient (Wildman–Crippen LogP) is 3.30. The molecule has 0 aliphatic heterocycles. The minimum absolute atomic E-state index is 0.176. The highest BCUT2D eigenvalue weighted by Crippen LogP contribution is 2.29. The molecule has 0 radical (unpaired) electrons. The number of hydrogen-bond acceptors (Lipinski definition) is 7. The Hall–Kier alpha value is -4.02. The highest BCUT2D eigenvalue weighted by molar-refractivity contribution is 5.96. The molecule has 10 heteroatoms. The first-order valence-electron chi connectivity index (χ1n) is 11.1. The molecule has 4 N–H and O–H groups in total. The summed E-state index contributed by atoms with van der Waals surface area (Å²) in [5, 5.41) is 6.08. The Morgan fingerprint density at radius 3 is 2.77 bits per heavy atom. The summed E-state index contributed by atoms with van der Waals surface area (Å²) < 4.78 is 26.8. The van der Waals surface area contributed by atoms with Gasteiger partial charge in [-0.3, -0.25) is 9.20 Å². The summed E-state index contributed by atoms with van der Waals surface area (Å²) in [7, 11) is 1.49. The highest BCUT2D eigenvalue weighted by Gasteiger charge is 2.15. The Labute approximate surface area is 202 Å². The lowest BCUT2D eigenvalue weighted by molar-refractivity contribution is 0.0919. The van der Waals surface area contributed by atoms with Crippen LogP contribution in [0.4, 0.5) is 15.9 Å². The first-order chi connectivity index (χ1) is 17.0. The average Bonchev–Trinajstić information content (AvgIpc) is 3.28. The Balaban J connectivity index is 1.52. The molecule has 0 aliphatic rings. The van der Waals surface area contributed by atoms with Gasteiger partial charge in [0.2, 0.25) is 0 Å². The smallest absolute Gasteiger partial charge is 0.251 e. The summed E-state index contributed by atoms with van der Waals surface area (Å²) in [4.78, 5) is 21.3. The molecular weight excluding hydrogens is 451 g/mol. The number of imidazole rings is 1. The van der Waals surface area contributed by atoms with E-state index in [4.69, 9.17) is 15.2 Å². The van der Waals surface area contributed by atoms with Crippen LogP contribution in [0, 0.1) is 12.7 Å². The van der Waals surface area contributed by atoms with Crippen molar-refractivity contribution in [1.29, 1.82) is 0 Å². The molecule has 0 atom stereocenters. The van der Waals surface area contributed by atoms with Crippen LogP contribution in [0.1, 0.15) is 15.9 Å². The molecular formula is C25H27FN6O3. The first kappa shape index (κ1) is 24.1. The third-order valence-electron chi connectivity index (χ3n) is 5.41. The molecule has 1 amide bonds. The van der Waals surface area contributed by atoms with Crippen molar-refractivity contribution in [3.8, 4) is 17.0 Å². The van der Waals surface area contributed by atoms with E-state index in [0.717, 1.165) is 11.3 Å². The maximum atomic E-state index is 14.7. The van der Waals surface area contributed by atoms with E-state index in [2.05, 4.69) is 20.6 Å². The Kier molecular flexibility index (Phi) is 7.54. The van der Waals surface area contributed by atoms with Gasteiger partial charge in [-0.05, 0) is 42.8 Å². The van der Waals surface area contributed by atoms with Gasteiger partial charge < -0.3 is 25.8 Å². The van der Waals surface area contributed by atoms with Crippen LogP contribution in [0.25, 0.3) is 16.9 Å². The third-order valence-corrected chi connectivity index (χ3v) is 5.41. The molecule has 0 saturated heterocycles. The fourth-order valence-electron chi connectivity index (χ4n) is 3.69. The van der Waals surface area contributed by atoms with E-state index in [1.165, 1.54) is 13.2 Å². The van der Waals surface area contributed by atoms with Crippen LogP contribution in [-0.4, -0.2) is 53.7 Å². The van der Waals surface area contributed by atoms with Crippen LogP contribution in [0.3, 0.4) is 0 Å². The van der Waals surface area contributed by atoms with E-state index in [0.29, 0.717) is 60.3 Å². The van der Waals surface area contributed by atoms with Crippen molar-refractivity contribution in [3.05, 3.63) is 71.9 Å². The zero-order chi connectivity index (χ0) is 24.8. The largest absolute Gasteiger partial charge is 0.497 e. The molecule has 0 fully saturated rings. The van der Waals surface area contributed by atoms with Gasteiger partial charge in [-0.2, -0.15) is 0 Å². The number of ether oxygens (including phenoxy) is 2. The number of nitrogens with zero attached hydrogens (tertiary/aromatic N) is 3. The third kappa shape index (κ3) is 5.39. The first-order valence-corrected chi connectivity index (χ1v) is 11.1. The lowest BCUT2D eigenvalue weighted by Gasteiger charge is -2.12. The molecule has 0 unspecified atom stereocenters. The van der Waals surface area contributed by atoms with Gasteiger partial charge >= 0.3 is 0 Å². The van der Waals surface area contributed by atoms with Gasteiger partial charge in [-0.25, -0.2) is 14.4 Å². The van der Waals surface area contributed by atoms with E-state index in [1.807, 2.05) is 13.0 Å². The van der Waals surface area contributed by atoms with Crippen molar-refractivity contribution >= 4 is 23.1 Å². The van der Waals surface area contributed by atoms with Crippen molar-refractivity contribution in [3.63, 3.8) is 0 Å². The lowest BCUT2D eigenvalue weighted by atomic mass is 10.1. The number of fused-ring (bicyclic) bond motifs is 1. The Morgan fingerprint density at radius 2 is 2.03 bits per heavy atom. The molecule has 0 spiro atoms. The number of aryl methyl sites for hydroxylation is 1. The van der Waals surface area contributed by atoms with Crippen LogP contribution in [-0.2, 0) is 4.74 Å². The number of anilines is 2. The minimum Gasteiger partial charge on any atom is -0.497 e. The lowest BCUT2D eigenvalue weighted by Crippen LogP contribution is -2.28. The number of rotatable bonds is 10. The molecule has 2 heterocycles. The van der Waals surface area contributed by atoms with Crippen LogP contribution in [0.5, 0.6) is 5.75 Å². The van der Waals surface area contributed by atoms with E-state index < -0.39 is 5.82 Å². The highest BCUT2D eigenvalue weighted by atomic mass is 19.1. The number of methoxy groups -OCH3 is 1. The summed E-state index contributed by atoms with van der Waals surface area (Å²) in [5.74, 6) is 0.357. The Bertz CT molecular complexity index is 1340. The van der Waals surface area contributed by atoms with Crippen LogP contribution < -0.4 is 21.1 Å². The van der Waals surface area contributed by atoms with Gasteiger partial charge in [0.25, 0.3) is 5.91 Å². The maximum absolute atomic E-state index is 14.7. The fourth-order valence-corrected chi connectivity index (χ4v) is 3.69. The number of carbonyl (C=O) groups excluding carboxylic acids is 1. The standard InChI is InChI=1S/C25H27FN6O3/c1-16-13-17(3-5-19(16)25(33)29-9-12-35-11-7-27)31-23-24-30-15-22(32(24)10-8-28-23)20-6-4-18(34-2)14-21(20)26/h3-6,8,10,13-15H,7,9,11-12,27H2,1-2H3,(H,28,31)(H,29,33). The summed E-state index contributed by atoms with van der Waals surface area (Å²) in [6.45, 7) is 3.58. The van der Waals surface area contributed by atoms with Crippen molar-refractivity contribution in [2.75, 3.05) is 38.7 Å². The van der Waals surface area contributed by atoms with E-state index in [9.17, 15) is 9.18 Å². The summed E-state index contributed by atoms with van der Waals surface area (Å²) in [5.41, 5.74) is 9.01. The number of nitrogens with one attached hydrogen (secondary N) is 2. The van der Waals surface area contributed by atoms with Crippen molar-refractivity contribution in [2.24, 2.45) is 5.73 Å². The maximum Gasteiger partial charge on any atom is 0.251 e. The number of hydrogen-bond donors (Lipinski definition) is 3. The van der Waals surface area contributed by atoms with Crippen molar-refractivity contribution in [1.82, 2.24) is 19.7 Å². The molecule has 35 heavy (non-hydrogen) atoms. The zero-order valence-electron chi connectivity index (χ0n) is 19.5. The van der Waals surface area contributed by atoms with Crippen LogP contribution in [0.15, 0.2) is 55.0 Å². The van der Waals surface area contributed by atoms with E-state index in [-0.39, 0.29) is 5.91 Å². The topological polar surface area (TPSA) is 116 Å². The van der Waals surface area contributed by atoms with E-state index in [1.54, 1.807) is 47.3 Å². The number of halogens is 1. The van der Waals surface area contributed by atoms with Crippen LogP contribution >= 0.6 is 0 Å². The molecule has 0 saturated carbocycles. The van der Waals surface area contributed by atoms with Gasteiger partial charge in [0, 0.05) is 48.4 Å². The number of nitrogens with two attached hydrogens (primary N) is 1. The molecule has 0 bridgehead atoms. The van der Waals surface area contributed by atoms with Crippen LogP contribution in [0.2, 0.25) is 0 Å². The van der Waals surface area contributed by atoms with Gasteiger partial charge in [0.05, 0.1) is 32.2 Å². The number of aromatic nitrogens is 3. The normalized spacial score (nSPS) is 11.0. The summed E-state index contributed by atoms with van der Waals surface area (Å²) in [6.07, 6.45) is 4.94. The van der Waals surface area contributed by atoms with Gasteiger partial charge in [0.15, 0.2) is 11.5 Å². The molecule has 2 aromatic carbocycles.